The van der Waals surface area contributed by atoms with E-state index in [1.165, 1.54) is 5.56 Å². The number of thioether (sulfide) groups is 1. The van der Waals surface area contributed by atoms with E-state index in [-0.39, 0.29) is 5.56 Å². The van der Waals surface area contributed by atoms with Crippen LogP contribution in [0.4, 0.5) is 0 Å². The molecule has 0 bridgehead atoms. The molecule has 0 amide bonds. The molecular weight excluding hydrogens is 420 g/mol. The van der Waals surface area contributed by atoms with Crippen LogP contribution in [0.3, 0.4) is 0 Å². The predicted octanol–water partition coefficient (Wildman–Crippen LogP) is 5.50. The zero-order chi connectivity index (χ0) is 18.6. The van der Waals surface area contributed by atoms with Crippen molar-refractivity contribution in [3.05, 3.63) is 105 Å². The Balaban J connectivity index is 1.73. The van der Waals surface area contributed by atoms with E-state index in [0.29, 0.717) is 11.9 Å². The van der Waals surface area contributed by atoms with Gasteiger partial charge in [0.05, 0.1) is 17.4 Å². The van der Waals surface area contributed by atoms with Gasteiger partial charge in [0.15, 0.2) is 5.16 Å². The van der Waals surface area contributed by atoms with Gasteiger partial charge in [-0.05, 0) is 35.4 Å². The van der Waals surface area contributed by atoms with E-state index >= 15 is 0 Å². The summed E-state index contributed by atoms with van der Waals surface area (Å²) in [4.78, 5) is 17.9. The molecule has 0 saturated heterocycles. The minimum atomic E-state index is 0.00255. The fourth-order valence-corrected chi connectivity index (χ4v) is 4.11. The molecule has 0 fully saturated rings. The fraction of sp³-hybridized carbons (Fsp3) is 0.0909. The summed E-state index contributed by atoms with van der Waals surface area (Å²) in [6, 6.07) is 25.8. The molecule has 0 aliphatic carbocycles. The summed E-state index contributed by atoms with van der Waals surface area (Å²) in [5.74, 6) is 0.757. The van der Waals surface area contributed by atoms with Crippen LogP contribution in [0.2, 0.25) is 0 Å². The lowest BCUT2D eigenvalue weighted by molar-refractivity contribution is 0.658. The van der Waals surface area contributed by atoms with Gasteiger partial charge in [-0.15, -0.1) is 0 Å². The highest BCUT2D eigenvalue weighted by Crippen LogP contribution is 2.23. The Morgan fingerprint density at radius 2 is 1.56 bits per heavy atom. The van der Waals surface area contributed by atoms with Gasteiger partial charge in [-0.1, -0.05) is 82.3 Å². The van der Waals surface area contributed by atoms with E-state index in [0.717, 1.165) is 26.5 Å². The van der Waals surface area contributed by atoms with Crippen LogP contribution in [0.5, 0.6) is 0 Å². The molecule has 0 radical (unpaired) electrons. The molecule has 5 heteroatoms. The third kappa shape index (κ3) is 4.15. The molecule has 134 valence electrons. The van der Waals surface area contributed by atoms with E-state index in [4.69, 9.17) is 4.98 Å². The topological polar surface area (TPSA) is 34.9 Å². The van der Waals surface area contributed by atoms with E-state index in [1.54, 1.807) is 16.3 Å². The summed E-state index contributed by atoms with van der Waals surface area (Å²) in [7, 11) is 0. The first kappa shape index (κ1) is 18.0. The molecule has 4 rings (SSSR count). The van der Waals surface area contributed by atoms with Crippen LogP contribution in [0.15, 0.2) is 93.3 Å². The quantitative estimate of drug-likeness (QED) is 0.306. The highest BCUT2D eigenvalue weighted by molar-refractivity contribution is 9.10. The van der Waals surface area contributed by atoms with Gasteiger partial charge < -0.3 is 0 Å². The average molecular weight is 437 g/mol. The Morgan fingerprint density at radius 1 is 0.852 bits per heavy atom. The van der Waals surface area contributed by atoms with E-state index < -0.39 is 0 Å². The Morgan fingerprint density at radius 3 is 2.33 bits per heavy atom. The molecule has 0 spiro atoms. The van der Waals surface area contributed by atoms with Crippen molar-refractivity contribution in [3.8, 4) is 0 Å². The number of fused-ring (bicyclic) bond motifs is 1. The summed E-state index contributed by atoms with van der Waals surface area (Å²) >= 11 is 5.05. The second-order valence-corrected chi connectivity index (χ2v) is 8.06. The molecule has 1 heterocycles. The van der Waals surface area contributed by atoms with E-state index in [9.17, 15) is 4.79 Å². The molecular formula is C22H17BrN2OS. The summed E-state index contributed by atoms with van der Waals surface area (Å²) in [5.41, 5.74) is 3.02. The summed E-state index contributed by atoms with van der Waals surface area (Å²) in [6.45, 7) is 0.514. The molecule has 27 heavy (non-hydrogen) atoms. The maximum atomic E-state index is 13.1. The summed E-state index contributed by atoms with van der Waals surface area (Å²) < 4.78 is 2.84. The molecule has 0 atom stereocenters. The van der Waals surface area contributed by atoms with Crippen LogP contribution in [-0.2, 0) is 12.3 Å². The lowest BCUT2D eigenvalue weighted by atomic mass is 10.2. The molecule has 4 aromatic rings. The fourth-order valence-electron chi connectivity index (χ4n) is 2.89. The second kappa shape index (κ2) is 8.11. The number of hydrogen-bond acceptors (Lipinski definition) is 3. The minimum Gasteiger partial charge on any atom is -0.283 e. The molecule has 3 aromatic carbocycles. The van der Waals surface area contributed by atoms with Gasteiger partial charge >= 0.3 is 0 Å². The monoisotopic (exact) mass is 436 g/mol. The van der Waals surface area contributed by atoms with Gasteiger partial charge in [0.2, 0.25) is 0 Å². The van der Waals surface area contributed by atoms with Crippen molar-refractivity contribution in [3.63, 3.8) is 0 Å². The number of benzene rings is 3. The molecule has 3 nitrogen and oxygen atoms in total. The first-order valence-corrected chi connectivity index (χ1v) is 10.4. The van der Waals surface area contributed by atoms with Crippen LogP contribution in [0.1, 0.15) is 11.1 Å². The number of nitrogens with zero attached hydrogens (tertiary/aromatic N) is 2. The maximum Gasteiger partial charge on any atom is 0.262 e. The Labute approximate surface area is 170 Å². The number of hydrogen-bond donors (Lipinski definition) is 0. The van der Waals surface area contributed by atoms with Gasteiger partial charge in [0, 0.05) is 10.2 Å². The predicted molar refractivity (Wildman–Crippen MR) is 115 cm³/mol. The van der Waals surface area contributed by atoms with Crippen molar-refractivity contribution >= 4 is 38.6 Å². The van der Waals surface area contributed by atoms with Crippen LogP contribution in [0, 0.1) is 0 Å². The Bertz CT molecular complexity index is 1120. The smallest absolute Gasteiger partial charge is 0.262 e. The molecule has 0 N–H and O–H groups in total. The third-order valence-electron chi connectivity index (χ3n) is 4.29. The van der Waals surface area contributed by atoms with Crippen LogP contribution in [0.25, 0.3) is 10.9 Å². The largest absolute Gasteiger partial charge is 0.283 e. The van der Waals surface area contributed by atoms with Gasteiger partial charge in [0.1, 0.15) is 0 Å². The first-order valence-electron chi connectivity index (χ1n) is 8.61. The van der Waals surface area contributed by atoms with Gasteiger partial charge in [-0.3, -0.25) is 9.36 Å². The van der Waals surface area contributed by atoms with Crippen molar-refractivity contribution in [2.45, 2.75) is 17.5 Å². The van der Waals surface area contributed by atoms with Crippen molar-refractivity contribution in [1.29, 1.82) is 0 Å². The van der Waals surface area contributed by atoms with Crippen molar-refractivity contribution in [2.24, 2.45) is 0 Å². The lowest BCUT2D eigenvalue weighted by Crippen LogP contribution is -2.24. The number of para-hydroxylation sites is 1. The zero-order valence-corrected chi connectivity index (χ0v) is 16.9. The normalized spacial score (nSPS) is 11.0. The number of halogens is 1. The maximum absolute atomic E-state index is 13.1. The Kier molecular flexibility index (Phi) is 5.41. The van der Waals surface area contributed by atoms with Crippen LogP contribution >= 0.6 is 27.7 Å². The SMILES string of the molecule is O=c1c2ccccc2nc(SCc2ccc(Br)cc2)n1Cc1ccccc1. The lowest BCUT2D eigenvalue weighted by Gasteiger charge is -2.13. The number of aromatic nitrogens is 2. The molecule has 0 saturated carbocycles. The first-order chi connectivity index (χ1) is 13.2. The molecule has 1 aromatic heterocycles. The van der Waals surface area contributed by atoms with Crippen molar-refractivity contribution in [1.82, 2.24) is 9.55 Å². The molecule has 0 aliphatic rings. The third-order valence-corrected chi connectivity index (χ3v) is 5.87. The standard InChI is InChI=1S/C22H17BrN2OS/c23-18-12-10-17(11-13-18)15-27-22-24-20-9-5-4-8-19(20)21(26)25(22)14-16-6-2-1-3-7-16/h1-13H,14-15H2. The van der Waals surface area contributed by atoms with Gasteiger partial charge in [-0.2, -0.15) is 0 Å². The Hall–Kier alpha value is -2.37. The highest BCUT2D eigenvalue weighted by atomic mass is 79.9. The van der Waals surface area contributed by atoms with Crippen LogP contribution in [-0.4, -0.2) is 9.55 Å². The molecule has 0 aliphatic heterocycles. The van der Waals surface area contributed by atoms with Crippen molar-refractivity contribution in [2.75, 3.05) is 0 Å². The second-order valence-electron chi connectivity index (χ2n) is 6.20. The average Bonchev–Trinajstić information content (AvgIpc) is 2.71. The summed E-state index contributed by atoms with van der Waals surface area (Å²) in [5, 5.41) is 1.40. The molecule has 0 unspecified atom stereocenters. The van der Waals surface area contributed by atoms with Crippen molar-refractivity contribution < 1.29 is 0 Å². The number of rotatable bonds is 5. The van der Waals surface area contributed by atoms with Gasteiger partial charge in [-0.25, -0.2) is 4.98 Å². The minimum absolute atomic E-state index is 0.00255. The highest BCUT2D eigenvalue weighted by Gasteiger charge is 2.12. The summed E-state index contributed by atoms with van der Waals surface area (Å²) in [6.07, 6.45) is 0. The van der Waals surface area contributed by atoms with Crippen LogP contribution < -0.4 is 5.56 Å². The van der Waals surface area contributed by atoms with E-state index in [1.807, 2.05) is 66.7 Å². The zero-order valence-electron chi connectivity index (χ0n) is 14.5. The van der Waals surface area contributed by atoms with Gasteiger partial charge in [0.25, 0.3) is 5.56 Å². The van der Waals surface area contributed by atoms with E-state index in [2.05, 4.69) is 28.1 Å².